The minimum Gasteiger partial charge on any atom is -0.444 e. The van der Waals surface area contributed by atoms with Gasteiger partial charge in [0.1, 0.15) is 11.4 Å². The average molecular weight is 349 g/mol. The van der Waals surface area contributed by atoms with Crippen molar-refractivity contribution in [3.63, 3.8) is 0 Å². The standard InChI is InChI=1S/C16H22F3NO4/c1-14(2,3)24-13(21)20-12(15(4,5)22)10-6-8-11(9-7-10)23-16(17,18)19/h6-9,12,22H,1-5H3,(H,20,21). The molecule has 0 saturated carbocycles. The van der Waals surface area contributed by atoms with E-state index in [-0.39, 0.29) is 0 Å². The normalized spacial score (nSPS) is 14.0. The van der Waals surface area contributed by atoms with Crippen molar-refractivity contribution < 1.29 is 32.5 Å². The highest BCUT2D eigenvalue weighted by Gasteiger charge is 2.33. The summed E-state index contributed by atoms with van der Waals surface area (Å²) in [5, 5.41) is 12.8. The first kappa shape index (κ1) is 20.1. The molecule has 0 aromatic heterocycles. The molecule has 0 bridgehead atoms. The molecule has 1 aromatic carbocycles. The van der Waals surface area contributed by atoms with E-state index >= 15 is 0 Å². The molecule has 24 heavy (non-hydrogen) atoms. The lowest BCUT2D eigenvalue weighted by atomic mass is 9.92. The molecule has 0 aliphatic rings. The molecule has 0 heterocycles. The van der Waals surface area contributed by atoms with Crippen LogP contribution in [0.3, 0.4) is 0 Å². The van der Waals surface area contributed by atoms with Gasteiger partial charge in [-0.15, -0.1) is 13.2 Å². The molecule has 0 saturated heterocycles. The minimum atomic E-state index is -4.79. The van der Waals surface area contributed by atoms with E-state index in [1.807, 2.05) is 0 Å². The Labute approximate surface area is 138 Å². The van der Waals surface area contributed by atoms with Crippen molar-refractivity contribution >= 4 is 6.09 Å². The fourth-order valence-corrected chi connectivity index (χ4v) is 1.96. The van der Waals surface area contributed by atoms with Crippen LogP contribution in [0.2, 0.25) is 0 Å². The molecule has 1 aromatic rings. The molecule has 8 heteroatoms. The summed E-state index contributed by atoms with van der Waals surface area (Å²) in [7, 11) is 0. The molecule has 0 aliphatic heterocycles. The third-order valence-corrected chi connectivity index (χ3v) is 2.81. The van der Waals surface area contributed by atoms with Crippen LogP contribution in [0.1, 0.15) is 46.2 Å². The van der Waals surface area contributed by atoms with Gasteiger partial charge in [0.05, 0.1) is 11.6 Å². The van der Waals surface area contributed by atoms with Crippen LogP contribution in [0.25, 0.3) is 0 Å². The Kier molecular flexibility index (Phi) is 5.76. The molecule has 136 valence electrons. The average Bonchev–Trinajstić information content (AvgIpc) is 2.31. The Morgan fingerprint density at radius 2 is 1.58 bits per heavy atom. The second kappa shape index (κ2) is 6.88. The number of halogens is 3. The number of hydrogen-bond acceptors (Lipinski definition) is 4. The molecule has 0 fully saturated rings. The van der Waals surface area contributed by atoms with Crippen molar-refractivity contribution in [1.82, 2.24) is 5.32 Å². The number of alkyl halides is 3. The number of benzene rings is 1. The topological polar surface area (TPSA) is 67.8 Å². The van der Waals surface area contributed by atoms with Gasteiger partial charge >= 0.3 is 12.5 Å². The van der Waals surface area contributed by atoms with Crippen LogP contribution in [0.4, 0.5) is 18.0 Å². The molecule has 2 N–H and O–H groups in total. The van der Waals surface area contributed by atoms with E-state index in [2.05, 4.69) is 10.1 Å². The minimum absolute atomic E-state index is 0.391. The number of amides is 1. The lowest BCUT2D eigenvalue weighted by molar-refractivity contribution is -0.274. The predicted octanol–water partition coefficient (Wildman–Crippen LogP) is 3.92. The van der Waals surface area contributed by atoms with Gasteiger partial charge in [-0.05, 0) is 52.3 Å². The summed E-state index contributed by atoms with van der Waals surface area (Å²) in [6.45, 7) is 8.00. The molecule has 5 nitrogen and oxygen atoms in total. The zero-order valence-electron chi connectivity index (χ0n) is 14.2. The Bertz CT molecular complexity index is 557. The van der Waals surface area contributed by atoms with Gasteiger partial charge in [-0.2, -0.15) is 0 Å². The molecular weight excluding hydrogens is 327 g/mol. The van der Waals surface area contributed by atoms with Crippen LogP contribution in [0, 0.1) is 0 Å². The SMILES string of the molecule is CC(C)(C)OC(=O)NC(c1ccc(OC(F)(F)F)cc1)C(C)(C)O. The Morgan fingerprint density at radius 3 is 1.96 bits per heavy atom. The highest BCUT2D eigenvalue weighted by atomic mass is 19.4. The summed E-state index contributed by atoms with van der Waals surface area (Å²) in [6, 6.07) is 4.01. The summed E-state index contributed by atoms with van der Waals surface area (Å²) in [5.41, 5.74) is -1.69. The van der Waals surface area contributed by atoms with Gasteiger partial charge in [0.2, 0.25) is 0 Å². The van der Waals surface area contributed by atoms with Gasteiger partial charge in [-0.1, -0.05) is 12.1 Å². The number of ether oxygens (including phenoxy) is 2. The van der Waals surface area contributed by atoms with Gasteiger partial charge in [-0.3, -0.25) is 0 Å². The molecular formula is C16H22F3NO4. The molecule has 0 aliphatic carbocycles. The van der Waals surface area contributed by atoms with E-state index in [1.165, 1.54) is 26.0 Å². The smallest absolute Gasteiger partial charge is 0.444 e. The summed E-state index contributed by atoms with van der Waals surface area (Å²) >= 11 is 0. The van der Waals surface area contributed by atoms with E-state index < -0.39 is 35.4 Å². The summed E-state index contributed by atoms with van der Waals surface area (Å²) < 4.78 is 45.5. The van der Waals surface area contributed by atoms with E-state index in [4.69, 9.17) is 4.74 Å². The summed E-state index contributed by atoms with van der Waals surface area (Å²) in [4.78, 5) is 11.9. The van der Waals surface area contributed by atoms with Crippen LogP contribution in [-0.4, -0.2) is 28.8 Å². The van der Waals surface area contributed by atoms with Gasteiger partial charge in [-0.25, -0.2) is 4.79 Å². The van der Waals surface area contributed by atoms with E-state index in [1.54, 1.807) is 20.8 Å². The van der Waals surface area contributed by atoms with Crippen LogP contribution < -0.4 is 10.1 Å². The van der Waals surface area contributed by atoms with Gasteiger partial charge in [0.25, 0.3) is 0 Å². The highest BCUT2D eigenvalue weighted by molar-refractivity contribution is 5.68. The number of aliphatic hydroxyl groups is 1. The maximum Gasteiger partial charge on any atom is 0.573 e. The summed E-state index contributed by atoms with van der Waals surface area (Å²) in [6.07, 6.45) is -5.53. The van der Waals surface area contributed by atoms with Crippen molar-refractivity contribution in [2.24, 2.45) is 0 Å². The molecule has 1 amide bonds. The third-order valence-electron chi connectivity index (χ3n) is 2.81. The zero-order chi connectivity index (χ0) is 18.8. The lowest BCUT2D eigenvalue weighted by Crippen LogP contribution is -2.44. The molecule has 1 rings (SSSR count). The number of rotatable bonds is 4. The van der Waals surface area contributed by atoms with Crippen molar-refractivity contribution in [2.75, 3.05) is 0 Å². The maximum absolute atomic E-state index is 12.2. The second-order valence-corrected chi connectivity index (χ2v) is 6.85. The van der Waals surface area contributed by atoms with Gasteiger partial charge in [0.15, 0.2) is 0 Å². The Morgan fingerprint density at radius 1 is 1.08 bits per heavy atom. The number of nitrogens with one attached hydrogen (secondary N) is 1. The molecule has 1 unspecified atom stereocenters. The van der Waals surface area contributed by atoms with Gasteiger partial charge < -0.3 is 19.9 Å². The second-order valence-electron chi connectivity index (χ2n) is 6.85. The predicted molar refractivity (Wildman–Crippen MR) is 81.5 cm³/mol. The third kappa shape index (κ3) is 7.08. The van der Waals surface area contributed by atoms with Crippen molar-refractivity contribution in [3.8, 4) is 5.75 Å². The van der Waals surface area contributed by atoms with E-state index in [0.29, 0.717) is 5.56 Å². The van der Waals surface area contributed by atoms with Crippen LogP contribution in [0.15, 0.2) is 24.3 Å². The van der Waals surface area contributed by atoms with Crippen molar-refractivity contribution in [3.05, 3.63) is 29.8 Å². The number of hydrogen-bond donors (Lipinski definition) is 2. The first-order chi connectivity index (χ1) is 10.7. The molecule has 0 radical (unpaired) electrons. The van der Waals surface area contributed by atoms with Gasteiger partial charge in [0, 0.05) is 0 Å². The largest absolute Gasteiger partial charge is 0.573 e. The van der Waals surface area contributed by atoms with Crippen LogP contribution in [-0.2, 0) is 4.74 Å². The number of carbonyl (C=O) groups is 1. The highest BCUT2D eigenvalue weighted by Crippen LogP contribution is 2.29. The van der Waals surface area contributed by atoms with Crippen LogP contribution in [0.5, 0.6) is 5.75 Å². The van der Waals surface area contributed by atoms with E-state index in [0.717, 1.165) is 12.1 Å². The fourth-order valence-electron chi connectivity index (χ4n) is 1.96. The number of alkyl carbamates (subject to hydrolysis) is 1. The van der Waals surface area contributed by atoms with Crippen molar-refractivity contribution in [1.29, 1.82) is 0 Å². The summed E-state index contributed by atoms with van der Waals surface area (Å²) in [5.74, 6) is -0.391. The number of carbonyl (C=O) groups excluding carboxylic acids is 1. The van der Waals surface area contributed by atoms with E-state index in [9.17, 15) is 23.1 Å². The fraction of sp³-hybridized carbons (Fsp3) is 0.562. The monoisotopic (exact) mass is 349 g/mol. The quantitative estimate of drug-likeness (QED) is 0.864. The lowest BCUT2D eigenvalue weighted by Gasteiger charge is -2.31. The first-order valence-electron chi connectivity index (χ1n) is 7.25. The zero-order valence-corrected chi connectivity index (χ0v) is 14.2. The maximum atomic E-state index is 12.2. The Hall–Kier alpha value is -1.96. The molecule has 1 atom stereocenters. The van der Waals surface area contributed by atoms with Crippen molar-refractivity contribution in [2.45, 2.75) is 58.2 Å². The molecule has 0 spiro atoms. The first-order valence-corrected chi connectivity index (χ1v) is 7.25. The van der Waals surface area contributed by atoms with Crippen LogP contribution >= 0.6 is 0 Å². The Balaban J connectivity index is 2.95.